The van der Waals surface area contributed by atoms with Gasteiger partial charge in [0.15, 0.2) is 6.17 Å². The van der Waals surface area contributed by atoms with Crippen LogP contribution in [0.2, 0.25) is 0 Å². The van der Waals surface area contributed by atoms with Gasteiger partial charge in [-0.3, -0.25) is 9.59 Å². The maximum absolute atomic E-state index is 14.8. The lowest BCUT2D eigenvalue weighted by Gasteiger charge is -2.51. The summed E-state index contributed by atoms with van der Waals surface area (Å²) in [5, 5.41) is 0. The van der Waals surface area contributed by atoms with E-state index in [9.17, 15) is 35.9 Å². The predicted molar refractivity (Wildman–Crippen MR) is 129 cm³/mol. The number of nitrogens with zero attached hydrogens (tertiary/aromatic N) is 2. The third kappa shape index (κ3) is 4.53. The number of rotatable bonds is 4. The van der Waals surface area contributed by atoms with Crippen LogP contribution >= 0.6 is 0 Å². The molecule has 5 atom stereocenters. The van der Waals surface area contributed by atoms with Gasteiger partial charge in [-0.25, -0.2) is 13.2 Å². The first kappa shape index (κ1) is 27.3. The number of ether oxygens (including phenoxy) is 1. The summed E-state index contributed by atoms with van der Waals surface area (Å²) in [6.45, 7) is 0.962. The number of benzene rings is 2. The number of carbonyl (C=O) groups is 2. The molecule has 3 heterocycles. The van der Waals surface area contributed by atoms with Gasteiger partial charge >= 0.3 is 6.18 Å². The van der Waals surface area contributed by atoms with Crippen molar-refractivity contribution in [3.05, 3.63) is 65.0 Å². The van der Waals surface area contributed by atoms with Gasteiger partial charge in [0, 0.05) is 49.0 Å². The van der Waals surface area contributed by atoms with Crippen molar-refractivity contribution in [1.82, 2.24) is 9.80 Å². The van der Waals surface area contributed by atoms with Crippen molar-refractivity contribution >= 4 is 11.8 Å². The van der Waals surface area contributed by atoms with Crippen molar-refractivity contribution in [3.8, 4) is 5.75 Å². The molecule has 2 saturated heterocycles. The van der Waals surface area contributed by atoms with Crippen LogP contribution in [0.1, 0.15) is 36.5 Å². The summed E-state index contributed by atoms with van der Waals surface area (Å²) in [6.07, 6.45) is -6.31. The molecular weight excluding hydrogens is 526 g/mol. The number of carbonyl (C=O) groups excluding carboxylic acids is 2. The maximum Gasteiger partial charge on any atom is 0.426 e. The third-order valence-corrected chi connectivity index (χ3v) is 8.63. The number of piperidine rings is 1. The molecule has 5 nitrogen and oxygen atoms in total. The number of hydrogen-bond acceptors (Lipinski definition) is 3. The highest BCUT2D eigenvalue weighted by molar-refractivity contribution is 5.93. The summed E-state index contributed by atoms with van der Waals surface area (Å²) in [6, 6.07) is 8.64. The Kier molecular flexibility index (Phi) is 6.62. The number of amides is 2. The van der Waals surface area contributed by atoms with Crippen LogP contribution in [0, 0.1) is 11.7 Å². The Morgan fingerprint density at radius 1 is 1.13 bits per heavy atom. The number of likely N-dealkylation sites (N-methyl/N-ethyl adjacent to an activating group) is 1. The minimum absolute atomic E-state index is 0.0433. The SMILES string of the molecule is CN1C(=O)[C@@H](F)C[C@H]1C(=O)N1CCC2(Cc3ccc(F)cc3)c3ccc(C(C)(F)C(F)(F)F)cc3OCC2C1. The molecule has 0 N–H and O–H groups in total. The second kappa shape index (κ2) is 9.45. The quantitative estimate of drug-likeness (QED) is 0.508. The van der Waals surface area contributed by atoms with Gasteiger partial charge in [0.25, 0.3) is 5.91 Å². The summed E-state index contributed by atoms with van der Waals surface area (Å²) in [7, 11) is 1.39. The lowest BCUT2D eigenvalue weighted by atomic mass is 9.61. The Morgan fingerprint density at radius 3 is 2.44 bits per heavy atom. The highest BCUT2D eigenvalue weighted by atomic mass is 19.4. The topological polar surface area (TPSA) is 49.9 Å². The van der Waals surface area contributed by atoms with E-state index in [-0.39, 0.29) is 43.7 Å². The van der Waals surface area contributed by atoms with Crippen LogP contribution in [0.25, 0.3) is 0 Å². The molecule has 0 saturated carbocycles. The smallest absolute Gasteiger partial charge is 0.426 e. The van der Waals surface area contributed by atoms with E-state index in [2.05, 4.69) is 0 Å². The van der Waals surface area contributed by atoms with E-state index in [1.54, 1.807) is 17.0 Å². The second-order valence-electron chi connectivity index (χ2n) is 10.9. The molecule has 0 aliphatic carbocycles. The fourth-order valence-electron chi connectivity index (χ4n) is 6.14. The van der Waals surface area contributed by atoms with Crippen molar-refractivity contribution in [2.75, 3.05) is 26.7 Å². The van der Waals surface area contributed by atoms with E-state index in [4.69, 9.17) is 4.74 Å². The fraction of sp³-hybridized carbons (Fsp3) is 0.500. The van der Waals surface area contributed by atoms with Gasteiger partial charge in [0.05, 0.1) is 6.61 Å². The second-order valence-corrected chi connectivity index (χ2v) is 10.9. The Morgan fingerprint density at radius 2 is 1.82 bits per heavy atom. The van der Waals surface area contributed by atoms with Crippen LogP contribution in [0.4, 0.5) is 26.3 Å². The van der Waals surface area contributed by atoms with Gasteiger partial charge in [0.1, 0.15) is 17.6 Å². The van der Waals surface area contributed by atoms with Crippen LogP contribution in [0.3, 0.4) is 0 Å². The average molecular weight is 555 g/mol. The van der Waals surface area contributed by atoms with Gasteiger partial charge in [0.2, 0.25) is 11.6 Å². The molecule has 0 aromatic heterocycles. The Hall–Kier alpha value is -3.24. The maximum atomic E-state index is 14.8. The predicted octanol–water partition coefficient (Wildman–Crippen LogP) is 4.86. The van der Waals surface area contributed by atoms with Crippen LogP contribution in [0.15, 0.2) is 42.5 Å². The van der Waals surface area contributed by atoms with Gasteiger partial charge < -0.3 is 14.5 Å². The van der Waals surface area contributed by atoms with Gasteiger partial charge in [-0.15, -0.1) is 0 Å². The molecule has 5 rings (SSSR count). The number of likely N-dealkylation sites (tertiary alicyclic amines) is 2. The first-order valence-electron chi connectivity index (χ1n) is 12.7. The van der Waals surface area contributed by atoms with E-state index in [0.717, 1.165) is 22.6 Å². The number of hydrogen-bond donors (Lipinski definition) is 0. The summed E-state index contributed by atoms with van der Waals surface area (Å²) in [4.78, 5) is 27.9. The minimum atomic E-state index is -5.12. The zero-order valence-electron chi connectivity index (χ0n) is 21.4. The first-order valence-corrected chi connectivity index (χ1v) is 12.7. The molecule has 210 valence electrons. The Balaban J connectivity index is 1.50. The van der Waals surface area contributed by atoms with E-state index >= 15 is 0 Å². The summed E-state index contributed by atoms with van der Waals surface area (Å²) in [5.41, 5.74) is -3.49. The van der Waals surface area contributed by atoms with Crippen molar-refractivity contribution < 1.29 is 40.7 Å². The zero-order valence-corrected chi connectivity index (χ0v) is 21.4. The molecule has 0 bridgehead atoms. The first-order chi connectivity index (χ1) is 18.2. The normalized spacial score (nSPS) is 28.4. The highest BCUT2D eigenvalue weighted by Crippen LogP contribution is 2.51. The van der Waals surface area contributed by atoms with E-state index in [1.807, 2.05) is 0 Å². The highest BCUT2D eigenvalue weighted by Gasteiger charge is 2.55. The summed E-state index contributed by atoms with van der Waals surface area (Å²) < 4.78 is 88.5. The number of alkyl halides is 5. The lowest BCUT2D eigenvalue weighted by molar-refractivity contribution is -0.228. The van der Waals surface area contributed by atoms with E-state index < -0.39 is 46.8 Å². The van der Waals surface area contributed by atoms with Crippen molar-refractivity contribution in [2.24, 2.45) is 5.92 Å². The Bertz CT molecular complexity index is 1280. The van der Waals surface area contributed by atoms with Gasteiger partial charge in [-0.2, -0.15) is 13.2 Å². The molecule has 11 heteroatoms. The number of halogens is 6. The van der Waals surface area contributed by atoms with Crippen LogP contribution < -0.4 is 4.74 Å². The monoisotopic (exact) mass is 554 g/mol. The lowest BCUT2D eigenvalue weighted by Crippen LogP contribution is -2.58. The molecular formula is C28H28F6N2O3. The van der Waals surface area contributed by atoms with Crippen LogP contribution in [-0.4, -0.2) is 66.7 Å². The molecule has 2 fully saturated rings. The third-order valence-electron chi connectivity index (χ3n) is 8.63. The van der Waals surface area contributed by atoms with Crippen LogP contribution in [0.5, 0.6) is 5.75 Å². The fourth-order valence-corrected chi connectivity index (χ4v) is 6.14. The molecule has 3 unspecified atom stereocenters. The molecule has 3 aliphatic heterocycles. The summed E-state index contributed by atoms with van der Waals surface area (Å²) in [5.74, 6) is -1.70. The molecule has 0 radical (unpaired) electrons. The largest absolute Gasteiger partial charge is 0.493 e. The summed E-state index contributed by atoms with van der Waals surface area (Å²) >= 11 is 0. The van der Waals surface area contributed by atoms with Gasteiger partial charge in [-0.1, -0.05) is 24.3 Å². The van der Waals surface area contributed by atoms with Crippen molar-refractivity contribution in [1.29, 1.82) is 0 Å². The van der Waals surface area contributed by atoms with E-state index in [1.165, 1.54) is 25.2 Å². The van der Waals surface area contributed by atoms with Crippen LogP contribution in [-0.2, 0) is 27.1 Å². The molecule has 2 amide bonds. The standard InChI is InChI=1S/C28H28F6N2O3/c1-26(31,28(32,33)34)17-5-8-20-23(11-17)39-15-18-14-36(25(38)22-12-21(30)24(37)35(22)2)10-9-27(18,20)13-16-3-6-19(29)7-4-16/h3-8,11,18,21-22H,9-10,12-15H2,1-2H3/t18?,21-,22-,26?,27?/m0/s1. The average Bonchev–Trinajstić information content (AvgIpc) is 3.15. The minimum Gasteiger partial charge on any atom is -0.493 e. The zero-order chi connectivity index (χ0) is 28.3. The number of fused-ring (bicyclic) bond motifs is 3. The Labute approximate surface area is 221 Å². The van der Waals surface area contributed by atoms with Crippen molar-refractivity contribution in [2.45, 2.75) is 55.7 Å². The van der Waals surface area contributed by atoms with Gasteiger partial charge in [-0.05, 0) is 43.5 Å². The molecule has 2 aromatic carbocycles. The molecule has 3 aliphatic rings. The molecule has 2 aromatic rings. The van der Waals surface area contributed by atoms with Crippen molar-refractivity contribution in [3.63, 3.8) is 0 Å². The molecule has 39 heavy (non-hydrogen) atoms. The molecule has 0 spiro atoms. The van der Waals surface area contributed by atoms with E-state index in [0.29, 0.717) is 25.3 Å².